The van der Waals surface area contributed by atoms with E-state index in [0.29, 0.717) is 28.7 Å². The van der Waals surface area contributed by atoms with Crippen molar-refractivity contribution in [1.82, 2.24) is 4.98 Å². The lowest BCUT2D eigenvalue weighted by Gasteiger charge is -2.11. The first-order valence-electron chi connectivity index (χ1n) is 6.24. The van der Waals surface area contributed by atoms with Crippen LogP contribution >= 0.6 is 11.6 Å². The molecular formula is C15H15ClN2O3. The van der Waals surface area contributed by atoms with Crippen molar-refractivity contribution in [2.75, 3.05) is 19.5 Å². The number of carbonyl (C=O) groups is 1. The van der Waals surface area contributed by atoms with Gasteiger partial charge in [-0.3, -0.25) is 0 Å². The molecular weight excluding hydrogens is 292 g/mol. The number of rotatable bonds is 5. The number of ether oxygens (including phenoxy) is 2. The molecule has 0 saturated heterocycles. The average Bonchev–Trinajstić information content (AvgIpc) is 2.52. The molecule has 21 heavy (non-hydrogen) atoms. The second-order valence-corrected chi connectivity index (χ2v) is 4.68. The van der Waals surface area contributed by atoms with Crippen molar-refractivity contribution in [3.8, 4) is 5.88 Å². The summed E-state index contributed by atoms with van der Waals surface area (Å²) < 4.78 is 9.75. The van der Waals surface area contributed by atoms with Crippen LogP contribution in [0.25, 0.3) is 0 Å². The van der Waals surface area contributed by atoms with Crippen molar-refractivity contribution in [3.63, 3.8) is 0 Å². The molecule has 1 aromatic carbocycles. The molecule has 0 spiro atoms. The lowest BCUT2D eigenvalue weighted by Crippen LogP contribution is -2.08. The van der Waals surface area contributed by atoms with Crippen LogP contribution < -0.4 is 10.1 Å². The summed E-state index contributed by atoms with van der Waals surface area (Å²) in [5.41, 5.74) is 2.00. The van der Waals surface area contributed by atoms with E-state index in [0.717, 1.165) is 5.56 Å². The third-order valence-corrected chi connectivity index (χ3v) is 3.11. The normalized spacial score (nSPS) is 10.0. The first-order chi connectivity index (χ1) is 10.1. The summed E-state index contributed by atoms with van der Waals surface area (Å²) in [5.74, 6) is 0.138. The first kappa shape index (κ1) is 15.1. The van der Waals surface area contributed by atoms with Gasteiger partial charge in [0.15, 0.2) is 0 Å². The second kappa shape index (κ2) is 6.95. The third-order valence-electron chi connectivity index (χ3n) is 2.88. The molecule has 0 atom stereocenters. The molecule has 5 nitrogen and oxygen atoms in total. The maximum absolute atomic E-state index is 11.7. The van der Waals surface area contributed by atoms with E-state index in [1.165, 1.54) is 7.11 Å². The van der Waals surface area contributed by atoms with Gasteiger partial charge in [-0.2, -0.15) is 0 Å². The molecule has 2 rings (SSSR count). The number of hydrogen-bond donors (Lipinski definition) is 1. The van der Waals surface area contributed by atoms with E-state index in [2.05, 4.69) is 10.3 Å². The fourth-order valence-electron chi connectivity index (χ4n) is 1.78. The Hall–Kier alpha value is -2.27. The molecule has 0 fully saturated rings. The molecule has 0 unspecified atom stereocenters. The van der Waals surface area contributed by atoms with Gasteiger partial charge in [0, 0.05) is 23.8 Å². The topological polar surface area (TPSA) is 60.5 Å². The quantitative estimate of drug-likeness (QED) is 0.860. The molecule has 2 aromatic rings. The maximum atomic E-state index is 11.7. The van der Waals surface area contributed by atoms with Gasteiger partial charge in [0.25, 0.3) is 0 Å². The summed E-state index contributed by atoms with van der Waals surface area (Å²) >= 11 is 5.97. The van der Waals surface area contributed by atoms with Crippen LogP contribution in [0, 0.1) is 0 Å². The van der Waals surface area contributed by atoms with Gasteiger partial charge in [-0.1, -0.05) is 17.7 Å². The van der Waals surface area contributed by atoms with Gasteiger partial charge >= 0.3 is 5.97 Å². The van der Waals surface area contributed by atoms with Crippen LogP contribution in [0.15, 0.2) is 36.5 Å². The SMILES string of the molecule is COC(=O)c1ccc(Cl)cc1NCc1ccc(OC)nc1. The number of nitrogens with zero attached hydrogens (tertiary/aromatic N) is 1. The molecule has 0 aliphatic rings. The zero-order valence-electron chi connectivity index (χ0n) is 11.7. The highest BCUT2D eigenvalue weighted by atomic mass is 35.5. The molecule has 6 heteroatoms. The number of pyridine rings is 1. The number of hydrogen-bond acceptors (Lipinski definition) is 5. The summed E-state index contributed by atoms with van der Waals surface area (Å²) in [6.07, 6.45) is 1.70. The van der Waals surface area contributed by atoms with Gasteiger partial charge in [-0.05, 0) is 23.8 Å². The van der Waals surface area contributed by atoms with Gasteiger partial charge in [0.05, 0.1) is 25.5 Å². The Morgan fingerprint density at radius 3 is 2.71 bits per heavy atom. The van der Waals surface area contributed by atoms with E-state index < -0.39 is 5.97 Å². The molecule has 0 aliphatic carbocycles. The fraction of sp³-hybridized carbons (Fsp3) is 0.200. The number of nitrogens with one attached hydrogen (secondary N) is 1. The Morgan fingerprint density at radius 2 is 2.10 bits per heavy atom. The fourth-order valence-corrected chi connectivity index (χ4v) is 1.96. The Bertz CT molecular complexity index is 629. The number of carbonyl (C=O) groups excluding carboxylic acids is 1. The van der Waals surface area contributed by atoms with Crippen LogP contribution in [0.3, 0.4) is 0 Å². The highest BCUT2D eigenvalue weighted by molar-refractivity contribution is 6.31. The number of benzene rings is 1. The van der Waals surface area contributed by atoms with E-state index >= 15 is 0 Å². The molecule has 110 valence electrons. The zero-order valence-corrected chi connectivity index (χ0v) is 12.5. The average molecular weight is 307 g/mol. The van der Waals surface area contributed by atoms with E-state index in [1.54, 1.807) is 37.6 Å². The van der Waals surface area contributed by atoms with Crippen molar-refractivity contribution >= 4 is 23.3 Å². The standard InChI is InChI=1S/C15H15ClN2O3/c1-20-14-6-3-10(9-18-14)8-17-13-7-11(16)4-5-12(13)15(19)21-2/h3-7,9,17H,8H2,1-2H3. The van der Waals surface area contributed by atoms with E-state index in [-0.39, 0.29) is 0 Å². The van der Waals surface area contributed by atoms with Crippen LogP contribution in [0.5, 0.6) is 5.88 Å². The van der Waals surface area contributed by atoms with Gasteiger partial charge in [0.1, 0.15) is 0 Å². The minimum atomic E-state index is -0.415. The molecule has 1 aromatic heterocycles. The third kappa shape index (κ3) is 3.86. The number of esters is 1. The molecule has 1 heterocycles. The monoisotopic (exact) mass is 306 g/mol. The zero-order chi connectivity index (χ0) is 15.2. The molecule has 0 bridgehead atoms. The van der Waals surface area contributed by atoms with Crippen molar-refractivity contribution < 1.29 is 14.3 Å². The van der Waals surface area contributed by atoms with Gasteiger partial charge in [0.2, 0.25) is 5.88 Å². The van der Waals surface area contributed by atoms with Crippen LogP contribution in [0.4, 0.5) is 5.69 Å². The van der Waals surface area contributed by atoms with Crippen molar-refractivity contribution in [3.05, 3.63) is 52.7 Å². The highest BCUT2D eigenvalue weighted by Gasteiger charge is 2.12. The number of methoxy groups -OCH3 is 2. The van der Waals surface area contributed by atoms with Crippen LogP contribution in [-0.4, -0.2) is 25.2 Å². The molecule has 1 N–H and O–H groups in total. The lowest BCUT2D eigenvalue weighted by atomic mass is 10.1. The minimum Gasteiger partial charge on any atom is -0.481 e. The lowest BCUT2D eigenvalue weighted by molar-refractivity contribution is 0.0602. The summed E-state index contributed by atoms with van der Waals surface area (Å²) in [6, 6.07) is 8.62. The highest BCUT2D eigenvalue weighted by Crippen LogP contribution is 2.22. The van der Waals surface area contributed by atoms with E-state index in [1.807, 2.05) is 6.07 Å². The second-order valence-electron chi connectivity index (χ2n) is 4.24. The largest absolute Gasteiger partial charge is 0.481 e. The smallest absolute Gasteiger partial charge is 0.339 e. The van der Waals surface area contributed by atoms with Gasteiger partial charge in [-0.25, -0.2) is 9.78 Å². The molecule has 0 amide bonds. The van der Waals surface area contributed by atoms with Crippen molar-refractivity contribution in [2.24, 2.45) is 0 Å². The van der Waals surface area contributed by atoms with Crippen molar-refractivity contribution in [2.45, 2.75) is 6.54 Å². The van der Waals surface area contributed by atoms with Crippen LogP contribution in [-0.2, 0) is 11.3 Å². The van der Waals surface area contributed by atoms with Gasteiger partial charge < -0.3 is 14.8 Å². The Balaban J connectivity index is 2.14. The summed E-state index contributed by atoms with van der Waals surface area (Å²) in [6.45, 7) is 0.501. The summed E-state index contributed by atoms with van der Waals surface area (Å²) in [5, 5.41) is 3.70. The number of anilines is 1. The Kier molecular flexibility index (Phi) is 5.00. The van der Waals surface area contributed by atoms with E-state index in [9.17, 15) is 4.79 Å². The molecule has 0 saturated carbocycles. The predicted octanol–water partition coefficient (Wildman–Crippen LogP) is 3.14. The predicted molar refractivity (Wildman–Crippen MR) is 80.9 cm³/mol. The summed E-state index contributed by atoms with van der Waals surface area (Å²) in [4.78, 5) is 15.8. The van der Waals surface area contributed by atoms with Crippen LogP contribution in [0.2, 0.25) is 5.02 Å². The summed E-state index contributed by atoms with van der Waals surface area (Å²) in [7, 11) is 2.91. The Labute approximate surface area is 127 Å². The van der Waals surface area contributed by atoms with E-state index in [4.69, 9.17) is 21.1 Å². The van der Waals surface area contributed by atoms with Crippen molar-refractivity contribution in [1.29, 1.82) is 0 Å². The first-order valence-corrected chi connectivity index (χ1v) is 6.62. The maximum Gasteiger partial charge on any atom is 0.339 e. The number of aromatic nitrogens is 1. The van der Waals surface area contributed by atoms with Crippen LogP contribution in [0.1, 0.15) is 15.9 Å². The van der Waals surface area contributed by atoms with Gasteiger partial charge in [-0.15, -0.1) is 0 Å². The molecule has 0 radical (unpaired) electrons. The minimum absolute atomic E-state index is 0.415. The Morgan fingerprint density at radius 1 is 1.29 bits per heavy atom. The molecule has 0 aliphatic heterocycles. The number of halogens is 1.